The quantitative estimate of drug-likeness (QED) is 0.829. The number of nitrogen functional groups attached to an aromatic ring is 1. The number of carbonyl (C=O) groups excluding carboxylic acids is 1. The van der Waals surface area contributed by atoms with Crippen molar-refractivity contribution in [2.75, 3.05) is 11.1 Å². The van der Waals surface area contributed by atoms with E-state index >= 15 is 0 Å². The first-order valence-electron chi connectivity index (χ1n) is 5.29. The van der Waals surface area contributed by atoms with E-state index in [-0.39, 0.29) is 16.9 Å². The van der Waals surface area contributed by atoms with Crippen LogP contribution < -0.4 is 11.1 Å². The molecule has 2 aromatic carbocycles. The Morgan fingerprint density at radius 1 is 1.16 bits per heavy atom. The van der Waals surface area contributed by atoms with Crippen molar-refractivity contribution in [1.82, 2.24) is 0 Å². The second kappa shape index (κ2) is 5.36. The average molecular weight is 327 g/mol. The van der Waals surface area contributed by atoms with Crippen molar-refractivity contribution in [2.45, 2.75) is 0 Å². The highest BCUT2D eigenvalue weighted by molar-refractivity contribution is 9.10. The number of carbonyl (C=O) groups is 1. The van der Waals surface area contributed by atoms with Gasteiger partial charge in [0.05, 0.1) is 11.3 Å². The van der Waals surface area contributed by atoms with Crippen LogP contribution in [0.5, 0.6) is 0 Å². The molecule has 1 amide bonds. The van der Waals surface area contributed by atoms with Crippen LogP contribution in [0.15, 0.2) is 40.9 Å². The average Bonchev–Trinajstić information content (AvgIpc) is 2.32. The van der Waals surface area contributed by atoms with E-state index in [1.165, 1.54) is 18.2 Å². The van der Waals surface area contributed by atoms with Gasteiger partial charge in [0.15, 0.2) is 0 Å². The van der Waals surface area contributed by atoms with Gasteiger partial charge in [-0.2, -0.15) is 0 Å². The summed E-state index contributed by atoms with van der Waals surface area (Å²) in [6.45, 7) is 0. The second-order valence-corrected chi connectivity index (χ2v) is 4.73. The van der Waals surface area contributed by atoms with Gasteiger partial charge in [-0.3, -0.25) is 4.79 Å². The lowest BCUT2D eigenvalue weighted by Gasteiger charge is -2.08. The Morgan fingerprint density at radius 3 is 2.53 bits per heavy atom. The van der Waals surface area contributed by atoms with E-state index in [0.717, 1.165) is 12.1 Å². The molecular formula is C13H9BrF2N2O. The first-order chi connectivity index (χ1) is 8.97. The molecule has 2 aromatic rings. The third kappa shape index (κ3) is 3.08. The van der Waals surface area contributed by atoms with Crippen LogP contribution in [0.3, 0.4) is 0 Å². The highest BCUT2D eigenvalue weighted by Gasteiger charge is 2.12. The molecule has 0 atom stereocenters. The third-order valence-electron chi connectivity index (χ3n) is 2.44. The minimum Gasteiger partial charge on any atom is -0.398 e. The van der Waals surface area contributed by atoms with Crippen molar-refractivity contribution in [3.8, 4) is 0 Å². The van der Waals surface area contributed by atoms with E-state index in [0.29, 0.717) is 4.47 Å². The van der Waals surface area contributed by atoms with Crippen molar-refractivity contribution in [2.24, 2.45) is 0 Å². The van der Waals surface area contributed by atoms with Gasteiger partial charge in [0.25, 0.3) is 5.91 Å². The number of anilines is 2. The molecule has 0 aliphatic carbocycles. The Labute approximate surface area is 116 Å². The summed E-state index contributed by atoms with van der Waals surface area (Å²) in [6, 6.07) is 7.63. The Morgan fingerprint density at radius 2 is 1.89 bits per heavy atom. The summed E-state index contributed by atoms with van der Waals surface area (Å²) in [6.07, 6.45) is 0. The van der Waals surface area contributed by atoms with Gasteiger partial charge < -0.3 is 11.1 Å². The van der Waals surface area contributed by atoms with Gasteiger partial charge in [0.2, 0.25) is 0 Å². The molecule has 0 aliphatic rings. The largest absolute Gasteiger partial charge is 0.398 e. The zero-order valence-electron chi connectivity index (χ0n) is 9.58. The summed E-state index contributed by atoms with van der Waals surface area (Å²) in [4.78, 5) is 11.9. The molecule has 0 spiro atoms. The number of hydrogen-bond acceptors (Lipinski definition) is 2. The van der Waals surface area contributed by atoms with Gasteiger partial charge in [0.1, 0.15) is 11.6 Å². The molecule has 19 heavy (non-hydrogen) atoms. The molecule has 0 heterocycles. The van der Waals surface area contributed by atoms with Crippen LogP contribution >= 0.6 is 15.9 Å². The monoisotopic (exact) mass is 326 g/mol. The summed E-state index contributed by atoms with van der Waals surface area (Å²) in [7, 11) is 0. The van der Waals surface area contributed by atoms with Gasteiger partial charge in [0, 0.05) is 10.2 Å². The van der Waals surface area contributed by atoms with Gasteiger partial charge in [-0.05, 0) is 36.4 Å². The summed E-state index contributed by atoms with van der Waals surface area (Å²) in [5, 5.41) is 2.38. The van der Waals surface area contributed by atoms with Crippen molar-refractivity contribution < 1.29 is 13.6 Å². The first kappa shape index (κ1) is 13.5. The zero-order valence-corrected chi connectivity index (χ0v) is 11.2. The number of hydrogen-bond donors (Lipinski definition) is 2. The fourth-order valence-corrected chi connectivity index (χ4v) is 1.85. The normalized spacial score (nSPS) is 10.3. The highest BCUT2D eigenvalue weighted by Crippen LogP contribution is 2.21. The minimum atomic E-state index is -0.598. The minimum absolute atomic E-state index is 0.00461. The lowest BCUT2D eigenvalue weighted by Crippen LogP contribution is -2.15. The Balaban J connectivity index is 2.25. The van der Waals surface area contributed by atoms with E-state index in [9.17, 15) is 13.6 Å². The van der Waals surface area contributed by atoms with E-state index < -0.39 is 17.5 Å². The number of benzene rings is 2. The molecule has 3 N–H and O–H groups in total. The lowest BCUT2D eigenvalue weighted by molar-refractivity contribution is 0.102. The molecule has 0 radical (unpaired) electrons. The highest BCUT2D eigenvalue weighted by atomic mass is 79.9. The molecule has 98 valence electrons. The van der Waals surface area contributed by atoms with Crippen molar-refractivity contribution in [1.29, 1.82) is 0 Å². The maximum Gasteiger partial charge on any atom is 0.257 e. The van der Waals surface area contributed by atoms with E-state index in [2.05, 4.69) is 21.2 Å². The molecule has 0 saturated heterocycles. The number of rotatable bonds is 2. The maximum absolute atomic E-state index is 13.6. The molecule has 0 aromatic heterocycles. The van der Waals surface area contributed by atoms with Gasteiger partial charge in [-0.1, -0.05) is 15.9 Å². The topological polar surface area (TPSA) is 55.1 Å². The number of nitrogens with one attached hydrogen (secondary N) is 1. The molecule has 2 rings (SSSR count). The van der Waals surface area contributed by atoms with Crippen LogP contribution in [0.1, 0.15) is 10.4 Å². The Bertz CT molecular complexity index is 647. The Kier molecular flexibility index (Phi) is 3.80. The summed E-state index contributed by atoms with van der Waals surface area (Å²) < 4.78 is 27.0. The third-order valence-corrected chi connectivity index (χ3v) is 2.93. The zero-order chi connectivity index (χ0) is 14.0. The molecule has 0 saturated carbocycles. The van der Waals surface area contributed by atoms with E-state index in [4.69, 9.17) is 5.73 Å². The number of nitrogens with two attached hydrogens (primary N) is 1. The Hall–Kier alpha value is -1.95. The smallest absolute Gasteiger partial charge is 0.257 e. The predicted octanol–water partition coefficient (Wildman–Crippen LogP) is 3.56. The number of halogens is 3. The standard InChI is InChI=1S/C13H9BrF2N2O/c14-7-1-4-12(10(16)5-7)18-13(19)9-3-2-8(15)6-11(9)17/h1-6H,17H2,(H,18,19). The van der Waals surface area contributed by atoms with Gasteiger partial charge in [-0.25, -0.2) is 8.78 Å². The van der Waals surface area contributed by atoms with Crippen molar-refractivity contribution in [3.63, 3.8) is 0 Å². The predicted molar refractivity (Wildman–Crippen MR) is 72.9 cm³/mol. The van der Waals surface area contributed by atoms with E-state index in [1.54, 1.807) is 6.07 Å². The first-order valence-corrected chi connectivity index (χ1v) is 6.08. The maximum atomic E-state index is 13.6. The molecule has 0 aliphatic heterocycles. The van der Waals surface area contributed by atoms with E-state index in [1.807, 2.05) is 0 Å². The molecule has 0 fully saturated rings. The second-order valence-electron chi connectivity index (χ2n) is 3.81. The molecule has 6 heteroatoms. The number of amides is 1. The summed E-state index contributed by atoms with van der Waals surface area (Å²) in [5.41, 5.74) is 5.64. The fourth-order valence-electron chi connectivity index (χ4n) is 1.52. The van der Waals surface area contributed by atoms with Crippen LogP contribution in [0.2, 0.25) is 0 Å². The van der Waals surface area contributed by atoms with Crippen LogP contribution in [0.4, 0.5) is 20.2 Å². The molecule has 3 nitrogen and oxygen atoms in total. The summed E-state index contributed by atoms with van der Waals surface area (Å²) >= 11 is 3.11. The van der Waals surface area contributed by atoms with Crippen molar-refractivity contribution >= 4 is 33.2 Å². The van der Waals surface area contributed by atoms with Crippen LogP contribution in [0.25, 0.3) is 0 Å². The van der Waals surface area contributed by atoms with Gasteiger partial charge >= 0.3 is 0 Å². The van der Waals surface area contributed by atoms with Crippen molar-refractivity contribution in [3.05, 3.63) is 58.1 Å². The van der Waals surface area contributed by atoms with Gasteiger partial charge in [-0.15, -0.1) is 0 Å². The van der Waals surface area contributed by atoms with Crippen LogP contribution in [0, 0.1) is 11.6 Å². The lowest BCUT2D eigenvalue weighted by atomic mass is 10.1. The SMILES string of the molecule is Nc1cc(F)ccc1C(=O)Nc1ccc(Br)cc1F. The van der Waals surface area contributed by atoms with Crippen LogP contribution in [-0.2, 0) is 0 Å². The molecule has 0 bridgehead atoms. The fraction of sp³-hybridized carbons (Fsp3) is 0. The molecular weight excluding hydrogens is 318 g/mol. The molecule has 0 unspecified atom stereocenters. The summed E-state index contributed by atoms with van der Waals surface area (Å²) in [5.74, 6) is -1.72. The van der Waals surface area contributed by atoms with Crippen LogP contribution in [-0.4, -0.2) is 5.91 Å².